The van der Waals surface area contributed by atoms with Crippen molar-refractivity contribution in [2.45, 2.75) is 10.5 Å². The van der Waals surface area contributed by atoms with E-state index in [-0.39, 0.29) is 21.6 Å². The van der Waals surface area contributed by atoms with Crippen LogP contribution >= 0.6 is 46.3 Å². The Labute approximate surface area is 192 Å². The molecule has 0 bridgehead atoms. The summed E-state index contributed by atoms with van der Waals surface area (Å²) < 4.78 is 38.8. The monoisotopic (exact) mass is 506 g/mol. The Morgan fingerprint density at radius 3 is 2.42 bits per heavy atom. The fourth-order valence-electron chi connectivity index (χ4n) is 2.20. The van der Waals surface area contributed by atoms with Gasteiger partial charge < -0.3 is 5.32 Å². The van der Waals surface area contributed by atoms with Crippen molar-refractivity contribution in [3.63, 3.8) is 0 Å². The normalized spacial score (nSPS) is 11.3. The van der Waals surface area contributed by atoms with E-state index in [1.165, 1.54) is 0 Å². The molecular weight excluding hydrogens is 496 g/mol. The number of rotatable bonds is 6. The maximum absolute atomic E-state index is 12.8. The van der Waals surface area contributed by atoms with Crippen LogP contribution in [0.4, 0.5) is 24.0 Å². The van der Waals surface area contributed by atoms with Crippen molar-refractivity contribution in [3.05, 3.63) is 63.6 Å². The van der Waals surface area contributed by atoms with Gasteiger partial charge in [0.15, 0.2) is 4.34 Å². The van der Waals surface area contributed by atoms with Crippen LogP contribution < -0.4 is 10.6 Å². The number of nitrogens with zero attached hydrogens (tertiary/aromatic N) is 2. The predicted octanol–water partition coefficient (Wildman–Crippen LogP) is 5.85. The molecule has 0 saturated heterocycles. The number of carbonyl (C=O) groups is 2. The third-order valence-corrected chi connectivity index (χ3v) is 6.18. The molecule has 0 aliphatic carbocycles. The Bertz CT molecular complexity index is 1110. The molecule has 31 heavy (non-hydrogen) atoms. The van der Waals surface area contributed by atoms with Crippen molar-refractivity contribution < 1.29 is 22.8 Å². The first-order valence-corrected chi connectivity index (χ1v) is 10.9. The summed E-state index contributed by atoms with van der Waals surface area (Å²) in [7, 11) is 0. The minimum absolute atomic E-state index is 0.0190. The van der Waals surface area contributed by atoms with Gasteiger partial charge in [-0.2, -0.15) is 13.2 Å². The summed E-state index contributed by atoms with van der Waals surface area (Å²) in [5.41, 5.74) is -0.688. The lowest BCUT2D eigenvalue weighted by Gasteiger charge is -2.11. The summed E-state index contributed by atoms with van der Waals surface area (Å²) >= 11 is 13.7. The van der Waals surface area contributed by atoms with Gasteiger partial charge >= 0.3 is 6.18 Å². The van der Waals surface area contributed by atoms with Crippen LogP contribution in [-0.2, 0) is 11.0 Å². The highest BCUT2D eigenvalue weighted by molar-refractivity contribution is 8.01. The number of aromatic nitrogens is 2. The fourth-order valence-corrected chi connectivity index (χ4v) is 4.04. The fraction of sp³-hybridized carbons (Fsp3) is 0.111. The van der Waals surface area contributed by atoms with E-state index in [4.69, 9.17) is 23.2 Å². The lowest BCUT2D eigenvalue weighted by atomic mass is 10.2. The van der Waals surface area contributed by atoms with Crippen LogP contribution in [0.5, 0.6) is 0 Å². The second-order valence-electron chi connectivity index (χ2n) is 5.86. The molecular formula is C18H11Cl2F3N4O2S2. The van der Waals surface area contributed by atoms with E-state index in [1.54, 1.807) is 24.3 Å². The van der Waals surface area contributed by atoms with E-state index in [2.05, 4.69) is 20.8 Å². The van der Waals surface area contributed by atoms with Crippen molar-refractivity contribution in [2.75, 3.05) is 16.4 Å². The van der Waals surface area contributed by atoms with E-state index in [0.29, 0.717) is 14.9 Å². The van der Waals surface area contributed by atoms with Crippen molar-refractivity contribution in [1.82, 2.24) is 10.2 Å². The first kappa shape index (κ1) is 23.3. The van der Waals surface area contributed by atoms with Crippen LogP contribution in [0.25, 0.3) is 0 Å². The number of hydrogen-bond donors (Lipinski definition) is 2. The third kappa shape index (κ3) is 6.57. The zero-order valence-electron chi connectivity index (χ0n) is 15.2. The summed E-state index contributed by atoms with van der Waals surface area (Å²) in [6.45, 7) is 0. The highest BCUT2D eigenvalue weighted by Crippen LogP contribution is 2.34. The van der Waals surface area contributed by atoms with E-state index in [0.717, 1.165) is 41.3 Å². The number of hydrogen-bond acceptors (Lipinski definition) is 6. The van der Waals surface area contributed by atoms with Gasteiger partial charge in [0.1, 0.15) is 0 Å². The maximum atomic E-state index is 12.8. The number of anilines is 2. The lowest BCUT2D eigenvalue weighted by Crippen LogP contribution is -2.15. The molecule has 3 rings (SSSR count). The van der Waals surface area contributed by atoms with Crippen LogP contribution in [0, 0.1) is 0 Å². The van der Waals surface area contributed by atoms with Crippen molar-refractivity contribution >= 4 is 68.9 Å². The largest absolute Gasteiger partial charge is 0.416 e. The first-order chi connectivity index (χ1) is 14.6. The van der Waals surface area contributed by atoms with Crippen LogP contribution in [-0.4, -0.2) is 27.8 Å². The highest BCUT2D eigenvalue weighted by atomic mass is 35.5. The van der Waals surface area contributed by atoms with E-state index in [1.807, 2.05) is 0 Å². The zero-order chi connectivity index (χ0) is 22.6. The first-order valence-electron chi connectivity index (χ1n) is 8.31. The van der Waals surface area contributed by atoms with Crippen molar-refractivity contribution in [1.29, 1.82) is 0 Å². The number of carbonyl (C=O) groups excluding carboxylic acids is 2. The van der Waals surface area contributed by atoms with Gasteiger partial charge in [0.05, 0.1) is 22.0 Å². The van der Waals surface area contributed by atoms with Crippen molar-refractivity contribution in [3.8, 4) is 0 Å². The summed E-state index contributed by atoms with van der Waals surface area (Å²) in [5.74, 6) is -1.12. The SMILES string of the molecule is O=C(CSc1nnc(NC(=O)c2ccc(Cl)cc2)s1)Nc1cc(C(F)(F)F)ccc1Cl. The molecule has 0 fully saturated rings. The molecule has 0 aliphatic heterocycles. The molecule has 1 aromatic heterocycles. The Morgan fingerprint density at radius 2 is 1.74 bits per heavy atom. The van der Waals surface area contributed by atoms with Gasteiger partial charge in [-0.05, 0) is 42.5 Å². The lowest BCUT2D eigenvalue weighted by molar-refractivity contribution is -0.137. The second kappa shape index (κ2) is 9.86. The smallest absolute Gasteiger partial charge is 0.324 e. The van der Waals surface area contributed by atoms with E-state index < -0.39 is 23.6 Å². The van der Waals surface area contributed by atoms with E-state index in [9.17, 15) is 22.8 Å². The molecule has 0 spiro atoms. The van der Waals surface area contributed by atoms with Crippen molar-refractivity contribution in [2.24, 2.45) is 0 Å². The number of thioether (sulfide) groups is 1. The minimum atomic E-state index is -4.56. The van der Waals surface area contributed by atoms with Crippen LogP contribution in [0.3, 0.4) is 0 Å². The van der Waals surface area contributed by atoms with Gasteiger partial charge in [0, 0.05) is 10.6 Å². The molecule has 6 nitrogen and oxygen atoms in total. The van der Waals surface area contributed by atoms with Gasteiger partial charge in [0.25, 0.3) is 5.91 Å². The number of nitrogens with one attached hydrogen (secondary N) is 2. The van der Waals surface area contributed by atoms with Gasteiger partial charge in [-0.1, -0.05) is 46.3 Å². The molecule has 0 unspecified atom stereocenters. The quantitative estimate of drug-likeness (QED) is 0.323. The molecule has 0 atom stereocenters. The van der Waals surface area contributed by atoms with Gasteiger partial charge in [-0.15, -0.1) is 10.2 Å². The van der Waals surface area contributed by atoms with E-state index >= 15 is 0 Å². The molecule has 0 aliphatic rings. The number of halogens is 5. The number of alkyl halides is 3. The molecule has 13 heteroatoms. The molecule has 162 valence electrons. The van der Waals surface area contributed by atoms with Crippen LogP contribution in [0.1, 0.15) is 15.9 Å². The topological polar surface area (TPSA) is 84.0 Å². The average molecular weight is 507 g/mol. The number of amides is 2. The maximum Gasteiger partial charge on any atom is 0.416 e. The van der Waals surface area contributed by atoms with Crippen LogP contribution in [0.15, 0.2) is 46.8 Å². The third-order valence-electron chi connectivity index (χ3n) is 3.63. The molecule has 1 heterocycles. The van der Waals surface area contributed by atoms with Gasteiger partial charge in [-0.3, -0.25) is 14.9 Å². The number of benzene rings is 2. The molecule has 0 radical (unpaired) electrons. The zero-order valence-corrected chi connectivity index (χ0v) is 18.3. The summed E-state index contributed by atoms with van der Waals surface area (Å²) in [4.78, 5) is 24.3. The van der Waals surface area contributed by atoms with Gasteiger partial charge in [-0.25, -0.2) is 0 Å². The van der Waals surface area contributed by atoms with Gasteiger partial charge in [0.2, 0.25) is 11.0 Å². The minimum Gasteiger partial charge on any atom is -0.324 e. The Balaban J connectivity index is 1.55. The average Bonchev–Trinajstić information content (AvgIpc) is 3.15. The summed E-state index contributed by atoms with van der Waals surface area (Å²) in [5, 5.41) is 13.3. The molecule has 0 saturated carbocycles. The second-order valence-corrected chi connectivity index (χ2v) is 8.91. The summed E-state index contributed by atoms with van der Waals surface area (Å²) in [6, 6.07) is 8.91. The Morgan fingerprint density at radius 1 is 1.03 bits per heavy atom. The molecule has 3 aromatic rings. The molecule has 2 aromatic carbocycles. The van der Waals surface area contributed by atoms with Crippen LogP contribution in [0.2, 0.25) is 10.0 Å². The molecule has 2 N–H and O–H groups in total. The Kier molecular flexibility index (Phi) is 7.42. The highest BCUT2D eigenvalue weighted by Gasteiger charge is 2.31. The standard InChI is InChI=1S/C18H11Cl2F3N4O2S2/c19-11-4-1-9(2-5-11)15(29)25-16-26-27-17(31-16)30-8-14(28)24-13-7-10(18(21,22)23)3-6-12(13)20/h1-7H,8H2,(H,24,28)(H,25,26,29). The Hall–Kier alpha value is -2.34. The molecule has 2 amide bonds. The predicted molar refractivity (Wildman–Crippen MR) is 115 cm³/mol. The summed E-state index contributed by atoms with van der Waals surface area (Å²) in [6.07, 6.45) is -4.56.